The molecule has 0 spiro atoms. The predicted octanol–water partition coefficient (Wildman–Crippen LogP) is 2.97. The average Bonchev–Trinajstić information content (AvgIpc) is 2.69. The van der Waals surface area contributed by atoms with E-state index in [0.29, 0.717) is 6.54 Å². The molecular weight excluding hydrogens is 335 g/mol. The molecule has 1 aromatic carbocycles. The summed E-state index contributed by atoms with van der Waals surface area (Å²) in [6, 6.07) is 7.71. The molecule has 5 nitrogen and oxygen atoms in total. The van der Waals surface area contributed by atoms with Crippen LogP contribution >= 0.6 is 22.3 Å². The average molecular weight is 349 g/mol. The van der Waals surface area contributed by atoms with Crippen LogP contribution in [0.1, 0.15) is 16.8 Å². The lowest BCUT2D eigenvalue weighted by Crippen LogP contribution is -2.04. The van der Waals surface area contributed by atoms with Crippen LogP contribution in [0.2, 0.25) is 5.15 Å². The Kier molecular flexibility index (Phi) is 4.93. The number of ether oxygens (including phenoxy) is 1. The third-order valence-corrected chi connectivity index (χ3v) is 4.90. The monoisotopic (exact) mass is 348 g/mol. The lowest BCUT2D eigenvalue weighted by Gasteiger charge is -2.06. The molecule has 0 amide bonds. The number of halogens is 2. The van der Waals surface area contributed by atoms with Crippen LogP contribution in [-0.2, 0) is 26.9 Å². The fraction of sp³-hybridized carbons (Fsp3) is 0.308. The van der Waals surface area contributed by atoms with E-state index >= 15 is 0 Å². The van der Waals surface area contributed by atoms with Crippen molar-refractivity contribution in [2.75, 3.05) is 7.11 Å². The first-order valence-corrected chi connectivity index (χ1v) is 8.76. The van der Waals surface area contributed by atoms with Gasteiger partial charge in [-0.15, -0.1) is 0 Å². The van der Waals surface area contributed by atoms with Crippen molar-refractivity contribution >= 4 is 31.3 Å². The highest BCUT2D eigenvalue weighted by Gasteiger charge is 2.26. The summed E-state index contributed by atoms with van der Waals surface area (Å²) in [5.41, 5.74) is 2.25. The number of benzene rings is 1. The van der Waals surface area contributed by atoms with Crippen LogP contribution in [0.15, 0.2) is 29.2 Å². The summed E-state index contributed by atoms with van der Waals surface area (Å²) >= 11 is 6.13. The van der Waals surface area contributed by atoms with Crippen LogP contribution < -0.4 is 0 Å². The molecule has 114 valence electrons. The van der Waals surface area contributed by atoms with Crippen molar-refractivity contribution in [1.82, 2.24) is 9.78 Å². The fourth-order valence-electron chi connectivity index (χ4n) is 2.00. The Morgan fingerprint density at radius 1 is 1.33 bits per heavy atom. The second-order valence-electron chi connectivity index (χ2n) is 4.52. The van der Waals surface area contributed by atoms with E-state index in [9.17, 15) is 8.42 Å². The molecular formula is C13H14Cl2N2O3S. The normalized spacial score (nSPS) is 11.8. The standard InChI is InChI=1S/C13H14Cl2N2O3S/c1-9-5-3-4-6-10(9)7-17-13(14)12(21(15,18)19)11(16-17)8-20-2/h3-6H,7-8H2,1-2H3. The van der Waals surface area contributed by atoms with Crippen LogP contribution in [0.25, 0.3) is 0 Å². The van der Waals surface area contributed by atoms with Gasteiger partial charge in [-0.2, -0.15) is 5.10 Å². The van der Waals surface area contributed by atoms with Gasteiger partial charge in [0.25, 0.3) is 9.05 Å². The van der Waals surface area contributed by atoms with Gasteiger partial charge in [-0.3, -0.25) is 0 Å². The Balaban J connectivity index is 2.49. The third-order valence-electron chi connectivity index (χ3n) is 3.02. The highest BCUT2D eigenvalue weighted by atomic mass is 35.7. The van der Waals surface area contributed by atoms with E-state index in [2.05, 4.69) is 5.10 Å². The Bertz CT molecular complexity index is 757. The van der Waals surface area contributed by atoms with Crippen molar-refractivity contribution in [1.29, 1.82) is 0 Å². The molecule has 2 rings (SSSR count). The first kappa shape index (κ1) is 16.3. The lowest BCUT2D eigenvalue weighted by molar-refractivity contribution is 0.178. The largest absolute Gasteiger partial charge is 0.378 e. The second-order valence-corrected chi connectivity index (χ2v) is 7.38. The Morgan fingerprint density at radius 3 is 2.57 bits per heavy atom. The molecule has 0 saturated heterocycles. The van der Waals surface area contributed by atoms with Gasteiger partial charge in [-0.25, -0.2) is 13.1 Å². The minimum Gasteiger partial charge on any atom is -0.378 e. The summed E-state index contributed by atoms with van der Waals surface area (Å²) in [6.07, 6.45) is 0. The molecule has 0 unspecified atom stereocenters. The van der Waals surface area contributed by atoms with Gasteiger partial charge in [0.2, 0.25) is 0 Å². The van der Waals surface area contributed by atoms with Gasteiger partial charge in [-0.05, 0) is 18.1 Å². The molecule has 8 heteroatoms. The van der Waals surface area contributed by atoms with E-state index in [1.807, 2.05) is 31.2 Å². The Hall–Kier alpha value is -1.08. The minimum atomic E-state index is -3.99. The molecule has 0 bridgehead atoms. The second kappa shape index (κ2) is 6.36. The van der Waals surface area contributed by atoms with Crippen molar-refractivity contribution in [3.8, 4) is 0 Å². The van der Waals surface area contributed by atoms with Crippen LogP contribution in [0.5, 0.6) is 0 Å². The zero-order valence-electron chi connectivity index (χ0n) is 11.5. The summed E-state index contributed by atoms with van der Waals surface area (Å²) in [7, 11) is 2.88. The molecule has 0 aliphatic heterocycles. The molecule has 1 aromatic heterocycles. The van der Waals surface area contributed by atoms with Crippen molar-refractivity contribution in [2.45, 2.75) is 25.0 Å². The molecule has 0 aliphatic carbocycles. The van der Waals surface area contributed by atoms with E-state index in [0.717, 1.165) is 11.1 Å². The number of nitrogens with zero attached hydrogens (tertiary/aromatic N) is 2. The van der Waals surface area contributed by atoms with E-state index in [1.54, 1.807) is 0 Å². The van der Waals surface area contributed by atoms with Crippen LogP contribution in [0, 0.1) is 6.92 Å². The highest BCUT2D eigenvalue weighted by Crippen LogP contribution is 2.29. The smallest absolute Gasteiger partial charge is 0.266 e. The van der Waals surface area contributed by atoms with E-state index < -0.39 is 9.05 Å². The van der Waals surface area contributed by atoms with Gasteiger partial charge >= 0.3 is 0 Å². The maximum atomic E-state index is 11.7. The minimum absolute atomic E-state index is 0.0136. The third kappa shape index (κ3) is 3.58. The molecule has 21 heavy (non-hydrogen) atoms. The maximum absolute atomic E-state index is 11.7. The van der Waals surface area contributed by atoms with E-state index in [4.69, 9.17) is 27.0 Å². The van der Waals surface area contributed by atoms with Crippen LogP contribution in [0.3, 0.4) is 0 Å². The van der Waals surface area contributed by atoms with Crippen LogP contribution in [0.4, 0.5) is 0 Å². The maximum Gasteiger partial charge on any atom is 0.266 e. The molecule has 0 fully saturated rings. The molecule has 2 aromatic rings. The van der Waals surface area contributed by atoms with Gasteiger partial charge in [-0.1, -0.05) is 35.9 Å². The lowest BCUT2D eigenvalue weighted by atomic mass is 10.1. The summed E-state index contributed by atoms with van der Waals surface area (Å²) < 4.78 is 29.7. The van der Waals surface area contributed by atoms with Gasteiger partial charge in [0.05, 0.1) is 13.2 Å². The van der Waals surface area contributed by atoms with Crippen molar-refractivity contribution < 1.29 is 13.2 Å². The summed E-state index contributed by atoms with van der Waals surface area (Å²) in [4.78, 5) is -0.193. The number of rotatable bonds is 5. The Labute approximate surface area is 132 Å². The van der Waals surface area contributed by atoms with Gasteiger partial charge in [0.1, 0.15) is 15.7 Å². The topological polar surface area (TPSA) is 61.2 Å². The SMILES string of the molecule is COCc1nn(Cc2ccccc2C)c(Cl)c1S(=O)(=O)Cl. The van der Waals surface area contributed by atoms with Crippen LogP contribution in [-0.4, -0.2) is 25.3 Å². The highest BCUT2D eigenvalue weighted by molar-refractivity contribution is 8.13. The summed E-state index contributed by atoms with van der Waals surface area (Å²) in [5.74, 6) is 0. The molecule has 0 atom stereocenters. The van der Waals surface area contributed by atoms with Gasteiger partial charge in [0.15, 0.2) is 0 Å². The Morgan fingerprint density at radius 2 is 2.00 bits per heavy atom. The molecule has 1 heterocycles. The quantitative estimate of drug-likeness (QED) is 0.779. The first-order chi connectivity index (χ1) is 9.84. The van der Waals surface area contributed by atoms with E-state index in [-0.39, 0.29) is 22.3 Å². The number of aromatic nitrogens is 2. The van der Waals surface area contributed by atoms with Crippen molar-refractivity contribution in [3.05, 3.63) is 46.2 Å². The van der Waals surface area contributed by atoms with E-state index in [1.165, 1.54) is 11.8 Å². The number of hydrogen-bond acceptors (Lipinski definition) is 4. The van der Waals surface area contributed by atoms with Gasteiger partial charge < -0.3 is 4.74 Å². The van der Waals surface area contributed by atoms with Gasteiger partial charge in [0, 0.05) is 17.8 Å². The number of hydrogen-bond donors (Lipinski definition) is 0. The zero-order valence-corrected chi connectivity index (χ0v) is 13.8. The predicted molar refractivity (Wildman–Crippen MR) is 81.3 cm³/mol. The first-order valence-electron chi connectivity index (χ1n) is 6.08. The molecule has 0 aliphatic rings. The molecule has 0 saturated carbocycles. The summed E-state index contributed by atoms with van der Waals surface area (Å²) in [5, 5.41) is 4.18. The number of methoxy groups -OCH3 is 1. The fourth-order valence-corrected chi connectivity index (χ4v) is 3.80. The number of aryl methyl sites for hydroxylation is 1. The molecule has 0 N–H and O–H groups in total. The molecule has 0 radical (unpaired) electrons. The van der Waals surface area contributed by atoms with Crippen molar-refractivity contribution in [3.63, 3.8) is 0 Å². The zero-order chi connectivity index (χ0) is 15.6. The summed E-state index contributed by atoms with van der Waals surface area (Å²) in [6.45, 7) is 2.33. The van der Waals surface area contributed by atoms with Crippen molar-refractivity contribution in [2.24, 2.45) is 0 Å².